The quantitative estimate of drug-likeness (QED) is 0.848. The third kappa shape index (κ3) is 2.89. The van der Waals surface area contributed by atoms with Crippen molar-refractivity contribution in [2.45, 2.75) is 43.4 Å². The number of carbonyl (C=O) groups excluding carboxylic acids is 1. The summed E-state index contributed by atoms with van der Waals surface area (Å²) in [5.74, 6) is 0.501. The lowest BCUT2D eigenvalue weighted by Crippen LogP contribution is -2.53. The third-order valence-corrected chi connectivity index (χ3v) is 5.38. The first kappa shape index (κ1) is 16.1. The van der Waals surface area contributed by atoms with Crippen molar-refractivity contribution in [1.29, 1.82) is 0 Å². The van der Waals surface area contributed by atoms with Crippen molar-refractivity contribution in [3.05, 3.63) is 42.4 Å². The number of likely N-dealkylation sites (tertiary alicyclic amines) is 1. The Balaban J connectivity index is 1.53. The monoisotopic (exact) mass is 343 g/mol. The van der Waals surface area contributed by atoms with Gasteiger partial charge in [0.1, 0.15) is 12.4 Å². The topological polar surface area (TPSA) is 77.7 Å². The molecule has 1 amide bonds. The van der Waals surface area contributed by atoms with Crippen LogP contribution in [0.3, 0.4) is 0 Å². The first-order chi connectivity index (χ1) is 12.2. The molecule has 7 heteroatoms. The highest BCUT2D eigenvalue weighted by Gasteiger charge is 2.53. The van der Waals surface area contributed by atoms with Crippen LogP contribution in [0.15, 0.2) is 41.2 Å². The summed E-state index contributed by atoms with van der Waals surface area (Å²) in [6.07, 6.45) is 6.42. The summed E-state index contributed by atoms with van der Waals surface area (Å²) in [6.45, 7) is 0.653. The Morgan fingerprint density at radius 2 is 2.28 bits per heavy atom. The molecular weight excluding hydrogens is 322 g/mol. The van der Waals surface area contributed by atoms with Crippen LogP contribution >= 0.6 is 0 Å². The molecule has 0 aromatic carbocycles. The van der Waals surface area contributed by atoms with Crippen molar-refractivity contribution >= 4 is 5.91 Å². The van der Waals surface area contributed by atoms with Crippen LogP contribution in [0.4, 0.5) is 0 Å². The summed E-state index contributed by atoms with van der Waals surface area (Å²) in [7, 11) is 1.73. The van der Waals surface area contributed by atoms with Crippen molar-refractivity contribution in [3.8, 4) is 5.88 Å². The van der Waals surface area contributed by atoms with Gasteiger partial charge in [0.2, 0.25) is 5.88 Å². The number of amides is 1. The second-order valence-corrected chi connectivity index (χ2v) is 6.60. The van der Waals surface area contributed by atoms with Gasteiger partial charge in [-0.05, 0) is 25.3 Å². The fourth-order valence-corrected chi connectivity index (χ4v) is 4.07. The molecule has 0 bridgehead atoms. The van der Waals surface area contributed by atoms with E-state index < -0.39 is 0 Å². The van der Waals surface area contributed by atoms with Crippen LogP contribution in [0.5, 0.6) is 5.88 Å². The summed E-state index contributed by atoms with van der Waals surface area (Å²) in [5.41, 5.74) is 0.0308. The maximum Gasteiger partial charge on any atom is 0.276 e. The molecule has 0 spiro atoms. The number of nitrogens with zero attached hydrogens (tertiary/aromatic N) is 3. The molecule has 4 rings (SSSR count). The van der Waals surface area contributed by atoms with Gasteiger partial charge in [0, 0.05) is 38.4 Å². The van der Waals surface area contributed by atoms with Crippen molar-refractivity contribution in [3.63, 3.8) is 0 Å². The van der Waals surface area contributed by atoms with E-state index in [2.05, 4.69) is 10.1 Å². The molecule has 1 aliphatic heterocycles. The molecule has 1 aliphatic carbocycles. The SMILES string of the molecule is CO[C@@]12CC[C@H](Oc3ccccn3)C[C@@H]1N(C(=O)c1ccon1)CC2. The molecule has 25 heavy (non-hydrogen) atoms. The van der Waals surface area contributed by atoms with E-state index in [4.69, 9.17) is 14.0 Å². The number of methoxy groups -OCH3 is 1. The Morgan fingerprint density at radius 1 is 1.36 bits per heavy atom. The van der Waals surface area contributed by atoms with E-state index in [1.54, 1.807) is 19.4 Å². The average molecular weight is 343 g/mol. The second-order valence-electron chi connectivity index (χ2n) is 6.60. The smallest absolute Gasteiger partial charge is 0.276 e. The number of hydrogen-bond acceptors (Lipinski definition) is 6. The van der Waals surface area contributed by atoms with E-state index in [1.807, 2.05) is 23.1 Å². The minimum Gasteiger partial charge on any atom is -0.474 e. The molecule has 2 aliphatic rings. The summed E-state index contributed by atoms with van der Waals surface area (Å²) >= 11 is 0. The highest BCUT2D eigenvalue weighted by atomic mass is 16.5. The Bertz CT molecular complexity index is 721. The first-order valence-corrected chi connectivity index (χ1v) is 8.56. The summed E-state index contributed by atoms with van der Waals surface area (Å²) in [6, 6.07) is 7.18. The minimum atomic E-state index is -0.302. The number of rotatable bonds is 4. The van der Waals surface area contributed by atoms with Crippen molar-refractivity contribution in [2.75, 3.05) is 13.7 Å². The predicted molar refractivity (Wildman–Crippen MR) is 88.2 cm³/mol. The standard InChI is InChI=1S/C18H21N3O4/c1-23-18-7-5-13(25-16-4-2-3-9-19-16)12-15(18)21(10-8-18)17(22)14-6-11-24-20-14/h2-4,6,9,11,13,15H,5,7-8,10,12H2,1H3/t13-,15-,18+/m0/s1. The molecular formula is C18H21N3O4. The summed E-state index contributed by atoms with van der Waals surface area (Å²) < 4.78 is 16.7. The summed E-state index contributed by atoms with van der Waals surface area (Å²) in [5, 5.41) is 3.79. The lowest BCUT2D eigenvalue weighted by Gasteiger charge is -2.43. The average Bonchev–Trinajstić information content (AvgIpc) is 3.30. The van der Waals surface area contributed by atoms with E-state index in [0.717, 1.165) is 19.3 Å². The number of fused-ring (bicyclic) bond motifs is 1. The van der Waals surface area contributed by atoms with E-state index in [1.165, 1.54) is 6.26 Å². The molecule has 3 atom stereocenters. The highest BCUT2D eigenvalue weighted by molar-refractivity contribution is 5.92. The van der Waals surface area contributed by atoms with Crippen molar-refractivity contribution in [1.82, 2.24) is 15.0 Å². The number of hydrogen-bond donors (Lipinski definition) is 0. The Labute approximate surface area is 145 Å². The predicted octanol–water partition coefficient (Wildman–Crippen LogP) is 2.30. The number of carbonyl (C=O) groups is 1. The van der Waals surface area contributed by atoms with Crippen LogP contribution in [-0.4, -0.2) is 52.3 Å². The van der Waals surface area contributed by atoms with Gasteiger partial charge >= 0.3 is 0 Å². The zero-order valence-electron chi connectivity index (χ0n) is 14.1. The zero-order chi connectivity index (χ0) is 17.3. The van der Waals surface area contributed by atoms with Gasteiger partial charge in [0.15, 0.2) is 5.69 Å². The molecule has 7 nitrogen and oxygen atoms in total. The molecule has 2 fully saturated rings. The molecule has 2 aromatic heterocycles. The first-order valence-electron chi connectivity index (χ1n) is 8.56. The van der Waals surface area contributed by atoms with Crippen LogP contribution in [0.1, 0.15) is 36.2 Å². The van der Waals surface area contributed by atoms with Crippen LogP contribution in [-0.2, 0) is 4.74 Å². The minimum absolute atomic E-state index is 0.00823. The Kier molecular flexibility index (Phi) is 4.17. The van der Waals surface area contributed by atoms with Gasteiger partial charge in [-0.1, -0.05) is 11.2 Å². The Morgan fingerprint density at radius 3 is 3.00 bits per heavy atom. The number of aromatic nitrogens is 2. The largest absolute Gasteiger partial charge is 0.474 e. The van der Waals surface area contributed by atoms with Crippen LogP contribution < -0.4 is 4.74 Å². The molecule has 3 heterocycles. The molecule has 1 saturated carbocycles. The maximum absolute atomic E-state index is 12.8. The highest BCUT2D eigenvalue weighted by Crippen LogP contribution is 2.43. The molecule has 132 valence electrons. The van der Waals surface area contributed by atoms with E-state index in [0.29, 0.717) is 24.5 Å². The number of pyridine rings is 1. The van der Waals surface area contributed by atoms with Gasteiger partial charge in [0.05, 0.1) is 11.6 Å². The lowest BCUT2D eigenvalue weighted by atomic mass is 9.79. The molecule has 2 aromatic rings. The third-order valence-electron chi connectivity index (χ3n) is 5.38. The van der Waals surface area contributed by atoms with Gasteiger partial charge in [-0.25, -0.2) is 4.98 Å². The van der Waals surface area contributed by atoms with Gasteiger partial charge in [-0.2, -0.15) is 0 Å². The second kappa shape index (κ2) is 6.48. The molecule has 0 N–H and O–H groups in total. The number of ether oxygens (including phenoxy) is 2. The molecule has 0 unspecified atom stereocenters. The normalized spacial score (nSPS) is 28.6. The maximum atomic E-state index is 12.8. The van der Waals surface area contributed by atoms with Crippen LogP contribution in [0, 0.1) is 0 Å². The zero-order valence-corrected chi connectivity index (χ0v) is 14.1. The van der Waals surface area contributed by atoms with Crippen molar-refractivity contribution < 1.29 is 18.8 Å². The van der Waals surface area contributed by atoms with E-state index in [9.17, 15) is 4.79 Å². The Hall–Kier alpha value is -2.41. The fourth-order valence-electron chi connectivity index (χ4n) is 4.07. The lowest BCUT2D eigenvalue weighted by molar-refractivity contribution is -0.0789. The summed E-state index contributed by atoms with van der Waals surface area (Å²) in [4.78, 5) is 18.9. The van der Waals surface area contributed by atoms with Gasteiger partial charge in [0.25, 0.3) is 5.91 Å². The van der Waals surface area contributed by atoms with E-state index in [-0.39, 0.29) is 23.7 Å². The van der Waals surface area contributed by atoms with Gasteiger partial charge in [-0.3, -0.25) is 4.79 Å². The fraction of sp³-hybridized carbons (Fsp3) is 0.500. The van der Waals surface area contributed by atoms with E-state index >= 15 is 0 Å². The molecule has 0 radical (unpaired) electrons. The molecule has 1 saturated heterocycles. The van der Waals surface area contributed by atoms with Gasteiger partial charge in [-0.15, -0.1) is 0 Å². The van der Waals surface area contributed by atoms with Crippen molar-refractivity contribution in [2.24, 2.45) is 0 Å². The van der Waals surface area contributed by atoms with Crippen LogP contribution in [0.25, 0.3) is 0 Å². The van der Waals surface area contributed by atoms with Crippen LogP contribution in [0.2, 0.25) is 0 Å². The van der Waals surface area contributed by atoms with Gasteiger partial charge < -0.3 is 18.9 Å².